The zero-order valence-corrected chi connectivity index (χ0v) is 13.3. The molecule has 0 aliphatic heterocycles. The van der Waals surface area contributed by atoms with Gasteiger partial charge in [-0.25, -0.2) is 0 Å². The smallest absolute Gasteiger partial charge is 0.119 e. The molecule has 3 heteroatoms. The van der Waals surface area contributed by atoms with Gasteiger partial charge in [-0.05, 0) is 42.3 Å². The van der Waals surface area contributed by atoms with Crippen LogP contribution in [0.15, 0.2) is 48.5 Å². The molecule has 0 unspecified atom stereocenters. The number of hydrogen-bond donors (Lipinski definition) is 1. The van der Waals surface area contributed by atoms with Gasteiger partial charge in [0.2, 0.25) is 0 Å². The molecule has 3 nitrogen and oxygen atoms in total. The van der Waals surface area contributed by atoms with Crippen molar-refractivity contribution in [2.24, 2.45) is 0 Å². The Hall–Kier alpha value is -2.00. The van der Waals surface area contributed by atoms with Gasteiger partial charge in [0.1, 0.15) is 5.75 Å². The molecule has 0 fully saturated rings. The van der Waals surface area contributed by atoms with Crippen molar-refractivity contribution in [2.45, 2.75) is 19.5 Å². The van der Waals surface area contributed by atoms with E-state index in [0.29, 0.717) is 0 Å². The van der Waals surface area contributed by atoms with E-state index in [0.717, 1.165) is 12.3 Å². The summed E-state index contributed by atoms with van der Waals surface area (Å²) in [5, 5.41) is 3.55. The lowest BCUT2D eigenvalue weighted by molar-refractivity contribution is 0.413. The highest BCUT2D eigenvalue weighted by Gasteiger charge is 2.06. The normalized spacial score (nSPS) is 12.0. The predicted molar refractivity (Wildman–Crippen MR) is 89.0 cm³/mol. The zero-order chi connectivity index (χ0) is 15.2. The molecule has 0 aliphatic carbocycles. The molecule has 2 aromatic rings. The second-order valence-electron chi connectivity index (χ2n) is 5.44. The van der Waals surface area contributed by atoms with Crippen LogP contribution in [-0.4, -0.2) is 21.2 Å². The molecule has 0 heterocycles. The lowest BCUT2D eigenvalue weighted by Crippen LogP contribution is -2.18. The van der Waals surface area contributed by atoms with Gasteiger partial charge in [-0.15, -0.1) is 0 Å². The number of methoxy groups -OCH3 is 1. The standard InChI is InChI=1S/C18H24N2O/c1-14(16-6-5-7-18(12-16)21-4)19-13-15-8-10-17(11-9-15)20(2)3/h5-12,14,19H,13H2,1-4H3/t14-/m0/s1. The van der Waals surface area contributed by atoms with Crippen molar-refractivity contribution in [3.05, 3.63) is 59.7 Å². The Bertz CT molecular complexity index is 564. The molecule has 0 aromatic heterocycles. The van der Waals surface area contributed by atoms with Gasteiger partial charge in [-0.3, -0.25) is 0 Å². The summed E-state index contributed by atoms with van der Waals surface area (Å²) in [6.07, 6.45) is 0. The maximum Gasteiger partial charge on any atom is 0.119 e. The van der Waals surface area contributed by atoms with E-state index < -0.39 is 0 Å². The first-order chi connectivity index (χ1) is 10.1. The van der Waals surface area contributed by atoms with E-state index in [1.807, 2.05) is 12.1 Å². The molecule has 0 amide bonds. The third kappa shape index (κ3) is 4.23. The highest BCUT2D eigenvalue weighted by atomic mass is 16.5. The fourth-order valence-electron chi connectivity index (χ4n) is 2.21. The second kappa shape index (κ2) is 7.14. The molecular formula is C18H24N2O. The molecule has 0 bridgehead atoms. The molecule has 21 heavy (non-hydrogen) atoms. The van der Waals surface area contributed by atoms with Crippen LogP contribution in [0.5, 0.6) is 5.75 Å². The summed E-state index contributed by atoms with van der Waals surface area (Å²) >= 11 is 0. The largest absolute Gasteiger partial charge is 0.497 e. The molecular weight excluding hydrogens is 260 g/mol. The Balaban J connectivity index is 1.95. The van der Waals surface area contributed by atoms with Crippen LogP contribution in [0.3, 0.4) is 0 Å². The van der Waals surface area contributed by atoms with Gasteiger partial charge in [0.25, 0.3) is 0 Å². The Morgan fingerprint density at radius 3 is 2.43 bits per heavy atom. The molecule has 0 saturated heterocycles. The number of benzene rings is 2. The highest BCUT2D eigenvalue weighted by Crippen LogP contribution is 2.19. The van der Waals surface area contributed by atoms with Gasteiger partial charge in [-0.1, -0.05) is 24.3 Å². The first-order valence-electron chi connectivity index (χ1n) is 7.23. The third-order valence-corrected chi connectivity index (χ3v) is 3.66. The van der Waals surface area contributed by atoms with Crippen LogP contribution >= 0.6 is 0 Å². The van der Waals surface area contributed by atoms with Crippen molar-refractivity contribution < 1.29 is 4.74 Å². The molecule has 0 spiro atoms. The van der Waals surface area contributed by atoms with Crippen LogP contribution in [0.4, 0.5) is 5.69 Å². The third-order valence-electron chi connectivity index (χ3n) is 3.66. The number of nitrogens with zero attached hydrogens (tertiary/aromatic N) is 1. The Morgan fingerprint density at radius 1 is 1.10 bits per heavy atom. The van der Waals surface area contributed by atoms with Gasteiger partial charge in [0.15, 0.2) is 0 Å². The minimum absolute atomic E-state index is 0.286. The van der Waals surface area contributed by atoms with Gasteiger partial charge < -0.3 is 15.0 Å². The Labute approximate surface area is 127 Å². The molecule has 0 aliphatic rings. The molecule has 112 valence electrons. The maximum absolute atomic E-state index is 5.27. The van der Waals surface area contributed by atoms with E-state index >= 15 is 0 Å². The summed E-state index contributed by atoms with van der Waals surface area (Å²) in [5.74, 6) is 0.900. The molecule has 2 rings (SSSR count). The highest BCUT2D eigenvalue weighted by molar-refractivity contribution is 5.46. The van der Waals surface area contributed by atoms with E-state index in [1.165, 1.54) is 16.8 Å². The van der Waals surface area contributed by atoms with Crippen molar-refractivity contribution >= 4 is 5.69 Å². The van der Waals surface area contributed by atoms with Crippen LogP contribution in [0.25, 0.3) is 0 Å². The fraction of sp³-hybridized carbons (Fsp3) is 0.333. The van der Waals surface area contributed by atoms with Crippen LogP contribution in [0, 0.1) is 0 Å². The SMILES string of the molecule is COc1cccc([C@H](C)NCc2ccc(N(C)C)cc2)c1. The average molecular weight is 284 g/mol. The minimum Gasteiger partial charge on any atom is -0.497 e. The van der Waals surface area contributed by atoms with Crippen molar-refractivity contribution in [3.8, 4) is 5.75 Å². The summed E-state index contributed by atoms with van der Waals surface area (Å²) in [4.78, 5) is 2.11. The summed E-state index contributed by atoms with van der Waals surface area (Å²) in [5.41, 5.74) is 3.74. The summed E-state index contributed by atoms with van der Waals surface area (Å²) < 4.78 is 5.27. The minimum atomic E-state index is 0.286. The average Bonchev–Trinajstić information content (AvgIpc) is 2.53. The molecule has 0 saturated carbocycles. The van der Waals surface area contributed by atoms with Crippen molar-refractivity contribution in [1.29, 1.82) is 0 Å². The first kappa shape index (κ1) is 15.4. The quantitative estimate of drug-likeness (QED) is 0.877. The fourth-order valence-corrected chi connectivity index (χ4v) is 2.21. The van der Waals surface area contributed by atoms with Crippen molar-refractivity contribution in [3.63, 3.8) is 0 Å². The molecule has 2 aromatic carbocycles. The van der Waals surface area contributed by atoms with E-state index in [2.05, 4.69) is 67.6 Å². The lowest BCUT2D eigenvalue weighted by Gasteiger charge is -2.16. The van der Waals surface area contributed by atoms with Crippen molar-refractivity contribution in [2.75, 3.05) is 26.1 Å². The topological polar surface area (TPSA) is 24.5 Å². The van der Waals surface area contributed by atoms with E-state index in [-0.39, 0.29) is 6.04 Å². The lowest BCUT2D eigenvalue weighted by atomic mass is 10.1. The summed E-state index contributed by atoms with van der Waals surface area (Å²) in [6.45, 7) is 3.02. The van der Waals surface area contributed by atoms with E-state index in [4.69, 9.17) is 4.74 Å². The molecule has 0 radical (unpaired) electrons. The van der Waals surface area contributed by atoms with Gasteiger partial charge >= 0.3 is 0 Å². The number of anilines is 1. The number of nitrogens with one attached hydrogen (secondary N) is 1. The van der Waals surface area contributed by atoms with Gasteiger partial charge in [0.05, 0.1) is 7.11 Å². The van der Waals surface area contributed by atoms with Crippen molar-refractivity contribution in [1.82, 2.24) is 5.32 Å². The second-order valence-corrected chi connectivity index (χ2v) is 5.44. The van der Waals surface area contributed by atoms with Gasteiger partial charge in [-0.2, -0.15) is 0 Å². The molecule has 1 N–H and O–H groups in total. The van der Waals surface area contributed by atoms with Gasteiger partial charge in [0, 0.05) is 32.4 Å². The molecule has 1 atom stereocenters. The summed E-state index contributed by atoms with van der Waals surface area (Å²) in [7, 11) is 5.81. The Morgan fingerprint density at radius 2 is 1.81 bits per heavy atom. The maximum atomic E-state index is 5.27. The number of ether oxygens (including phenoxy) is 1. The first-order valence-corrected chi connectivity index (χ1v) is 7.23. The zero-order valence-electron chi connectivity index (χ0n) is 13.3. The van der Waals surface area contributed by atoms with Crippen LogP contribution in [-0.2, 0) is 6.54 Å². The number of hydrogen-bond acceptors (Lipinski definition) is 3. The Kier molecular flexibility index (Phi) is 5.23. The van der Waals surface area contributed by atoms with Crippen LogP contribution in [0.1, 0.15) is 24.1 Å². The predicted octanol–water partition coefficient (Wildman–Crippen LogP) is 3.61. The van der Waals surface area contributed by atoms with E-state index in [1.54, 1.807) is 7.11 Å². The summed E-state index contributed by atoms with van der Waals surface area (Å²) in [6, 6.07) is 17.1. The van der Waals surface area contributed by atoms with E-state index in [9.17, 15) is 0 Å². The van der Waals surface area contributed by atoms with Crippen LogP contribution in [0.2, 0.25) is 0 Å². The number of rotatable bonds is 6. The monoisotopic (exact) mass is 284 g/mol. The van der Waals surface area contributed by atoms with Crippen LogP contribution < -0.4 is 15.0 Å².